The van der Waals surface area contributed by atoms with Crippen molar-refractivity contribution >= 4 is 27.7 Å². The van der Waals surface area contributed by atoms with E-state index in [2.05, 4.69) is 22.9 Å². The Hall–Kier alpha value is -2.73. The quantitative estimate of drug-likeness (QED) is 0.639. The maximum Gasteiger partial charge on any atom is 0.229 e. The van der Waals surface area contributed by atoms with Gasteiger partial charge in [0.2, 0.25) is 5.91 Å². The maximum atomic E-state index is 10.7. The van der Waals surface area contributed by atoms with Crippen LogP contribution in [0.25, 0.3) is 21.8 Å². The Bertz CT molecular complexity index is 834. The highest BCUT2D eigenvalue weighted by Crippen LogP contribution is 2.25. The lowest BCUT2D eigenvalue weighted by atomic mass is 10.1. The Morgan fingerprint density at radius 2 is 1.89 bits per heavy atom. The van der Waals surface area contributed by atoms with E-state index in [4.69, 9.17) is 5.73 Å². The van der Waals surface area contributed by atoms with Gasteiger partial charge in [-0.05, 0) is 24.3 Å². The van der Waals surface area contributed by atoms with Crippen molar-refractivity contribution in [1.29, 1.82) is 0 Å². The van der Waals surface area contributed by atoms with Crippen LogP contribution < -0.4 is 5.73 Å². The van der Waals surface area contributed by atoms with Crippen LogP contribution in [0.1, 0.15) is 12.0 Å². The lowest BCUT2D eigenvalue weighted by Gasteiger charge is -1.93. The van der Waals surface area contributed by atoms with Gasteiger partial charge in [-0.15, -0.1) is 0 Å². The van der Waals surface area contributed by atoms with Gasteiger partial charge in [0.25, 0.3) is 0 Å². The summed E-state index contributed by atoms with van der Waals surface area (Å²) in [5, 5.41) is 2.32. The first-order valence-electron chi connectivity index (χ1n) is 6.02. The van der Waals surface area contributed by atoms with Gasteiger partial charge in [-0.3, -0.25) is 4.79 Å². The summed E-state index contributed by atoms with van der Waals surface area (Å²) in [6, 6.07) is 14.1. The Morgan fingerprint density at radius 1 is 1.11 bits per heavy atom. The molecule has 2 aromatic carbocycles. The predicted molar refractivity (Wildman–Crippen MR) is 76.5 cm³/mol. The molecule has 0 spiro atoms. The minimum absolute atomic E-state index is 0.0892. The molecule has 0 aliphatic heterocycles. The van der Waals surface area contributed by atoms with E-state index >= 15 is 0 Å². The molecule has 1 heterocycles. The number of hydrogen-bond donors (Lipinski definition) is 2. The number of rotatable bonds is 1. The molecule has 1 aromatic heterocycles. The van der Waals surface area contributed by atoms with Gasteiger partial charge < -0.3 is 10.7 Å². The Balaban J connectivity index is 2.10. The van der Waals surface area contributed by atoms with E-state index in [-0.39, 0.29) is 6.42 Å². The number of carbonyl (C=O) groups excluding carboxylic acids is 1. The summed E-state index contributed by atoms with van der Waals surface area (Å²) in [6.07, 6.45) is 0.0892. The molecule has 0 unspecified atom stereocenters. The molecule has 3 N–H and O–H groups in total. The first-order valence-corrected chi connectivity index (χ1v) is 6.02. The molecule has 3 heteroatoms. The second kappa shape index (κ2) is 4.51. The topological polar surface area (TPSA) is 58.9 Å². The van der Waals surface area contributed by atoms with E-state index in [1.54, 1.807) is 0 Å². The highest BCUT2D eigenvalue weighted by atomic mass is 16.1. The number of aromatic nitrogens is 1. The summed E-state index contributed by atoms with van der Waals surface area (Å²) in [4.78, 5) is 14.0. The molecular formula is C16H12N2O. The largest absolute Gasteiger partial charge is 0.369 e. The van der Waals surface area contributed by atoms with E-state index in [0.29, 0.717) is 0 Å². The van der Waals surface area contributed by atoms with E-state index in [1.165, 1.54) is 5.39 Å². The SMILES string of the molecule is NC(=O)CC#Cc1ccc2[nH]c3ccccc3c2c1. The fourth-order valence-electron chi connectivity index (χ4n) is 2.16. The second-order valence-corrected chi connectivity index (χ2v) is 4.38. The van der Waals surface area contributed by atoms with Crippen LogP contribution in [0.2, 0.25) is 0 Å². The number of primary amides is 1. The minimum Gasteiger partial charge on any atom is -0.369 e. The molecule has 0 bridgehead atoms. The molecule has 0 aliphatic rings. The number of benzene rings is 2. The number of nitrogens with one attached hydrogen (secondary N) is 1. The fourth-order valence-corrected chi connectivity index (χ4v) is 2.16. The van der Waals surface area contributed by atoms with Gasteiger partial charge in [-0.25, -0.2) is 0 Å². The van der Waals surface area contributed by atoms with Crippen LogP contribution >= 0.6 is 0 Å². The average molecular weight is 248 g/mol. The lowest BCUT2D eigenvalue weighted by Crippen LogP contribution is -2.08. The number of aromatic amines is 1. The van der Waals surface area contributed by atoms with E-state index < -0.39 is 5.91 Å². The molecule has 1 amide bonds. The fraction of sp³-hybridized carbons (Fsp3) is 0.0625. The third-order valence-corrected chi connectivity index (χ3v) is 3.00. The number of carbonyl (C=O) groups is 1. The molecule has 0 atom stereocenters. The zero-order chi connectivity index (χ0) is 13.2. The summed E-state index contributed by atoms with van der Waals surface area (Å²) in [5.41, 5.74) is 8.14. The first-order chi connectivity index (χ1) is 9.24. The van der Waals surface area contributed by atoms with Gasteiger partial charge in [0.05, 0.1) is 6.42 Å². The van der Waals surface area contributed by atoms with Gasteiger partial charge in [0.15, 0.2) is 0 Å². The zero-order valence-electron chi connectivity index (χ0n) is 10.2. The predicted octanol–water partition coefficient (Wildman–Crippen LogP) is 2.55. The smallest absolute Gasteiger partial charge is 0.229 e. The Labute approximate surface area is 110 Å². The monoisotopic (exact) mass is 248 g/mol. The number of nitrogens with two attached hydrogens (primary N) is 1. The van der Waals surface area contributed by atoms with Crippen LogP contribution in [-0.4, -0.2) is 10.9 Å². The third-order valence-electron chi connectivity index (χ3n) is 3.00. The number of amides is 1. The zero-order valence-corrected chi connectivity index (χ0v) is 10.2. The minimum atomic E-state index is -0.402. The van der Waals surface area contributed by atoms with Crippen LogP contribution in [0.5, 0.6) is 0 Å². The Morgan fingerprint density at radius 3 is 2.74 bits per heavy atom. The van der Waals surface area contributed by atoms with Crippen LogP contribution in [0, 0.1) is 11.8 Å². The molecule has 0 fully saturated rings. The van der Waals surface area contributed by atoms with Crippen molar-refractivity contribution in [2.24, 2.45) is 5.73 Å². The van der Waals surface area contributed by atoms with Crippen molar-refractivity contribution in [3.05, 3.63) is 48.0 Å². The molecular weight excluding hydrogens is 236 g/mol. The molecule has 3 nitrogen and oxygen atoms in total. The van der Waals surface area contributed by atoms with Crippen molar-refractivity contribution in [1.82, 2.24) is 4.98 Å². The highest BCUT2D eigenvalue weighted by molar-refractivity contribution is 6.07. The third kappa shape index (κ3) is 2.16. The molecule has 3 aromatic rings. The van der Waals surface area contributed by atoms with Crippen LogP contribution in [0.15, 0.2) is 42.5 Å². The summed E-state index contributed by atoms with van der Waals surface area (Å²) in [7, 11) is 0. The van der Waals surface area contributed by atoms with Crippen LogP contribution in [0.4, 0.5) is 0 Å². The first kappa shape index (κ1) is 11.4. The molecule has 92 valence electrons. The van der Waals surface area contributed by atoms with Gasteiger partial charge in [0.1, 0.15) is 0 Å². The Kier molecular flexibility index (Phi) is 2.70. The number of hydrogen-bond acceptors (Lipinski definition) is 1. The maximum absolute atomic E-state index is 10.7. The van der Waals surface area contributed by atoms with Crippen molar-refractivity contribution in [2.75, 3.05) is 0 Å². The summed E-state index contributed by atoms with van der Waals surface area (Å²) < 4.78 is 0. The van der Waals surface area contributed by atoms with Gasteiger partial charge in [-0.2, -0.15) is 0 Å². The van der Waals surface area contributed by atoms with E-state index in [0.717, 1.165) is 22.0 Å². The molecule has 19 heavy (non-hydrogen) atoms. The molecule has 3 rings (SSSR count). The summed E-state index contributed by atoms with van der Waals surface area (Å²) in [6.45, 7) is 0. The van der Waals surface area contributed by atoms with Crippen LogP contribution in [-0.2, 0) is 4.79 Å². The second-order valence-electron chi connectivity index (χ2n) is 4.38. The highest BCUT2D eigenvalue weighted by Gasteiger charge is 2.03. The van der Waals surface area contributed by atoms with E-state index in [1.807, 2.05) is 36.4 Å². The molecule has 0 aliphatic carbocycles. The molecule has 0 saturated carbocycles. The van der Waals surface area contributed by atoms with Crippen molar-refractivity contribution in [3.63, 3.8) is 0 Å². The average Bonchev–Trinajstić information content (AvgIpc) is 2.76. The van der Waals surface area contributed by atoms with E-state index in [9.17, 15) is 4.79 Å². The van der Waals surface area contributed by atoms with Crippen molar-refractivity contribution in [3.8, 4) is 11.8 Å². The summed E-state index contributed by atoms with van der Waals surface area (Å²) in [5.74, 6) is 5.33. The lowest BCUT2D eigenvalue weighted by molar-refractivity contribution is -0.117. The van der Waals surface area contributed by atoms with Crippen molar-refractivity contribution < 1.29 is 4.79 Å². The summed E-state index contributed by atoms with van der Waals surface area (Å²) >= 11 is 0. The van der Waals surface area contributed by atoms with Crippen LogP contribution in [0.3, 0.4) is 0 Å². The van der Waals surface area contributed by atoms with Crippen molar-refractivity contribution in [2.45, 2.75) is 6.42 Å². The van der Waals surface area contributed by atoms with Gasteiger partial charge in [-0.1, -0.05) is 30.0 Å². The normalized spacial score (nSPS) is 10.3. The molecule has 0 saturated heterocycles. The molecule has 0 radical (unpaired) electrons. The number of fused-ring (bicyclic) bond motifs is 3. The van der Waals surface area contributed by atoms with Gasteiger partial charge in [0, 0.05) is 27.4 Å². The number of para-hydroxylation sites is 1. The number of H-pyrrole nitrogens is 1. The van der Waals surface area contributed by atoms with Gasteiger partial charge >= 0.3 is 0 Å². The standard InChI is InChI=1S/C16H12N2O/c17-16(19)7-3-4-11-8-9-15-13(10-11)12-5-1-2-6-14(12)18-15/h1-2,5-6,8-10,18H,7H2,(H2,17,19).